The highest BCUT2D eigenvalue weighted by atomic mass is 32.1. The number of anilines is 1. The Morgan fingerprint density at radius 2 is 2.10 bits per heavy atom. The van der Waals surface area contributed by atoms with Gasteiger partial charge in [0.1, 0.15) is 11.5 Å². The lowest BCUT2D eigenvalue weighted by atomic mass is 10.1. The second-order valence-electron chi connectivity index (χ2n) is 4.63. The largest absolute Gasteiger partial charge is 0.310 e. The minimum atomic E-state index is -0.00800. The molecule has 0 spiro atoms. The number of aromatic nitrogens is 2. The van der Waals surface area contributed by atoms with Gasteiger partial charge in [-0.05, 0) is 6.92 Å². The zero-order valence-corrected chi connectivity index (χ0v) is 12.2. The van der Waals surface area contributed by atoms with Crippen molar-refractivity contribution in [2.75, 3.05) is 5.32 Å². The number of carbonyl (C=O) groups excluding carboxylic acids is 1. The second kappa shape index (κ2) is 5.09. The van der Waals surface area contributed by atoms with Crippen LogP contribution in [0.3, 0.4) is 0 Å². The van der Waals surface area contributed by atoms with E-state index in [0.29, 0.717) is 6.42 Å². The predicted octanol–water partition coefficient (Wildman–Crippen LogP) is 3.72. The van der Waals surface area contributed by atoms with Crippen molar-refractivity contribution in [2.24, 2.45) is 0 Å². The number of amides is 1. The molecule has 102 valence electrons. The molecule has 0 aliphatic heterocycles. The van der Waals surface area contributed by atoms with Gasteiger partial charge < -0.3 is 5.32 Å². The lowest BCUT2D eigenvalue weighted by molar-refractivity contribution is -0.115. The van der Waals surface area contributed by atoms with Crippen LogP contribution in [0.15, 0.2) is 35.8 Å². The summed E-state index contributed by atoms with van der Waals surface area (Å²) in [5.74, 6) is 0.739. The minimum Gasteiger partial charge on any atom is -0.310 e. The number of aryl methyl sites for hydroxylation is 1. The number of benzene rings is 1. The van der Waals surface area contributed by atoms with Crippen LogP contribution in [0.1, 0.15) is 18.9 Å². The topological polar surface area (TPSA) is 46.4 Å². The molecule has 0 aliphatic carbocycles. The summed E-state index contributed by atoms with van der Waals surface area (Å²) in [5, 5.41) is 4.91. The van der Waals surface area contributed by atoms with Crippen molar-refractivity contribution in [1.82, 2.24) is 9.38 Å². The summed E-state index contributed by atoms with van der Waals surface area (Å²) in [6.07, 6.45) is 2.38. The Balaban J connectivity index is 2.13. The summed E-state index contributed by atoms with van der Waals surface area (Å²) in [6, 6.07) is 8.16. The van der Waals surface area contributed by atoms with Gasteiger partial charge in [0.2, 0.25) is 5.91 Å². The smallest absolute Gasteiger partial charge is 0.225 e. The van der Waals surface area contributed by atoms with Gasteiger partial charge in [-0.25, -0.2) is 4.98 Å². The summed E-state index contributed by atoms with van der Waals surface area (Å²) < 4.78 is 1.92. The first-order valence-electron chi connectivity index (χ1n) is 6.51. The molecule has 0 unspecified atom stereocenters. The Kier molecular flexibility index (Phi) is 3.28. The maximum absolute atomic E-state index is 11.7. The van der Waals surface area contributed by atoms with Gasteiger partial charge in [-0.15, -0.1) is 11.3 Å². The number of carbonyl (C=O) groups is 1. The van der Waals surface area contributed by atoms with E-state index in [2.05, 4.69) is 17.2 Å². The maximum Gasteiger partial charge on any atom is 0.225 e. The molecule has 1 N–H and O–H groups in total. The lowest BCUT2D eigenvalue weighted by Crippen LogP contribution is -2.11. The normalized spacial score (nSPS) is 10.9. The Morgan fingerprint density at radius 3 is 2.80 bits per heavy atom. The molecule has 20 heavy (non-hydrogen) atoms. The summed E-state index contributed by atoms with van der Waals surface area (Å²) >= 11 is 1.56. The number of nitrogens with one attached hydrogen (secondary N) is 1. The zero-order chi connectivity index (χ0) is 14.1. The van der Waals surface area contributed by atoms with Crippen LogP contribution in [0.5, 0.6) is 0 Å². The second-order valence-corrected chi connectivity index (χ2v) is 5.51. The van der Waals surface area contributed by atoms with Crippen LogP contribution >= 0.6 is 11.3 Å². The van der Waals surface area contributed by atoms with E-state index in [1.807, 2.05) is 47.2 Å². The van der Waals surface area contributed by atoms with E-state index in [-0.39, 0.29) is 5.91 Å². The molecule has 0 aliphatic rings. The van der Waals surface area contributed by atoms with Crippen molar-refractivity contribution in [2.45, 2.75) is 20.3 Å². The van der Waals surface area contributed by atoms with Crippen LogP contribution < -0.4 is 5.32 Å². The fourth-order valence-electron chi connectivity index (χ4n) is 2.04. The van der Waals surface area contributed by atoms with Gasteiger partial charge in [-0.1, -0.05) is 36.8 Å². The molecule has 0 bridgehead atoms. The van der Waals surface area contributed by atoms with E-state index in [1.54, 1.807) is 11.3 Å². The molecule has 0 saturated heterocycles. The van der Waals surface area contributed by atoms with Crippen LogP contribution in [-0.2, 0) is 4.79 Å². The zero-order valence-electron chi connectivity index (χ0n) is 11.4. The van der Waals surface area contributed by atoms with Crippen LogP contribution in [0.4, 0.5) is 5.82 Å². The van der Waals surface area contributed by atoms with Crippen LogP contribution in [0.25, 0.3) is 16.2 Å². The molecule has 2 heterocycles. The van der Waals surface area contributed by atoms with E-state index < -0.39 is 0 Å². The molecule has 0 fully saturated rings. The van der Waals surface area contributed by atoms with Crippen molar-refractivity contribution in [1.29, 1.82) is 0 Å². The van der Waals surface area contributed by atoms with Crippen molar-refractivity contribution < 1.29 is 4.79 Å². The van der Waals surface area contributed by atoms with Gasteiger partial charge in [0.15, 0.2) is 4.96 Å². The highest BCUT2D eigenvalue weighted by Crippen LogP contribution is 2.30. The van der Waals surface area contributed by atoms with E-state index in [1.165, 1.54) is 5.56 Å². The van der Waals surface area contributed by atoms with Crippen molar-refractivity contribution >= 4 is 28.0 Å². The molecule has 5 heteroatoms. The number of thiazole rings is 1. The number of nitrogens with zero attached hydrogens (tertiary/aromatic N) is 2. The molecule has 0 atom stereocenters. The predicted molar refractivity (Wildman–Crippen MR) is 82.2 cm³/mol. The fourth-order valence-corrected chi connectivity index (χ4v) is 2.75. The summed E-state index contributed by atoms with van der Waals surface area (Å²) in [5.41, 5.74) is 3.03. The average molecular weight is 285 g/mol. The molecule has 0 saturated carbocycles. The Bertz CT molecular complexity index is 755. The Morgan fingerprint density at radius 1 is 1.35 bits per heavy atom. The van der Waals surface area contributed by atoms with Gasteiger partial charge in [-0.2, -0.15) is 0 Å². The van der Waals surface area contributed by atoms with E-state index in [4.69, 9.17) is 0 Å². The monoisotopic (exact) mass is 285 g/mol. The maximum atomic E-state index is 11.7. The number of rotatable bonds is 3. The van der Waals surface area contributed by atoms with Crippen molar-refractivity contribution in [3.8, 4) is 11.3 Å². The van der Waals surface area contributed by atoms with Crippen LogP contribution in [-0.4, -0.2) is 15.3 Å². The van der Waals surface area contributed by atoms with Gasteiger partial charge >= 0.3 is 0 Å². The third-order valence-corrected chi connectivity index (χ3v) is 3.92. The highest BCUT2D eigenvalue weighted by molar-refractivity contribution is 7.15. The van der Waals surface area contributed by atoms with E-state index in [9.17, 15) is 4.79 Å². The summed E-state index contributed by atoms with van der Waals surface area (Å²) in [7, 11) is 0. The highest BCUT2D eigenvalue weighted by Gasteiger charge is 2.16. The van der Waals surface area contributed by atoms with Gasteiger partial charge in [0.05, 0.1) is 0 Å². The number of hydrogen-bond acceptors (Lipinski definition) is 3. The quantitative estimate of drug-likeness (QED) is 0.797. The Labute approximate surface area is 121 Å². The third-order valence-electron chi connectivity index (χ3n) is 3.17. The summed E-state index contributed by atoms with van der Waals surface area (Å²) in [4.78, 5) is 17.2. The molecule has 3 aromatic rings. The van der Waals surface area contributed by atoms with Crippen LogP contribution in [0, 0.1) is 6.92 Å². The SMILES string of the molecule is CCC(=O)Nc1c(-c2ccc(C)cc2)nc2sccn12. The molecular formula is C15H15N3OS. The first kappa shape index (κ1) is 12.9. The molecule has 2 aromatic heterocycles. The lowest BCUT2D eigenvalue weighted by Gasteiger charge is -2.06. The molecule has 3 rings (SSSR count). The average Bonchev–Trinajstić information content (AvgIpc) is 3.02. The fraction of sp³-hybridized carbons (Fsp3) is 0.200. The first-order chi connectivity index (χ1) is 9.69. The van der Waals surface area contributed by atoms with E-state index >= 15 is 0 Å². The number of hydrogen-bond donors (Lipinski definition) is 1. The number of fused-ring (bicyclic) bond motifs is 1. The molecular weight excluding hydrogens is 270 g/mol. The molecule has 0 radical (unpaired) electrons. The number of imidazole rings is 1. The van der Waals surface area contributed by atoms with Crippen molar-refractivity contribution in [3.63, 3.8) is 0 Å². The van der Waals surface area contributed by atoms with Gasteiger partial charge in [-0.3, -0.25) is 9.20 Å². The molecule has 1 aromatic carbocycles. The standard InChI is InChI=1S/C15H15N3OS/c1-3-12(19)16-14-13(11-6-4-10(2)5-7-11)17-15-18(14)8-9-20-15/h4-9H,3H2,1-2H3,(H,16,19). The molecule has 4 nitrogen and oxygen atoms in total. The van der Waals surface area contributed by atoms with E-state index in [0.717, 1.165) is 22.0 Å². The minimum absolute atomic E-state index is 0.00800. The van der Waals surface area contributed by atoms with Crippen molar-refractivity contribution in [3.05, 3.63) is 41.4 Å². The van der Waals surface area contributed by atoms with Crippen LogP contribution in [0.2, 0.25) is 0 Å². The first-order valence-corrected chi connectivity index (χ1v) is 7.39. The van der Waals surface area contributed by atoms with Gasteiger partial charge in [0, 0.05) is 23.6 Å². The summed E-state index contributed by atoms with van der Waals surface area (Å²) in [6.45, 7) is 3.89. The van der Waals surface area contributed by atoms with Gasteiger partial charge in [0.25, 0.3) is 0 Å². The third kappa shape index (κ3) is 2.20. The molecule has 1 amide bonds. The Hall–Kier alpha value is -2.14.